The summed E-state index contributed by atoms with van der Waals surface area (Å²) < 4.78 is 0. The maximum absolute atomic E-state index is 12.1. The van der Waals surface area contributed by atoms with Crippen molar-refractivity contribution in [1.82, 2.24) is 9.96 Å². The highest BCUT2D eigenvalue weighted by Crippen LogP contribution is 2.06. The van der Waals surface area contributed by atoms with Crippen molar-refractivity contribution in [2.45, 2.75) is 13.1 Å². The monoisotopic (exact) mass is 275 g/mol. The number of likely N-dealkylation sites (N-methyl/N-ethyl adjacent to an activating group) is 1. The van der Waals surface area contributed by atoms with E-state index in [1.165, 1.54) is 6.08 Å². The largest absolute Gasteiger partial charge is 0.287 e. The Morgan fingerprint density at radius 1 is 1.35 bits per heavy atom. The molecule has 0 spiro atoms. The maximum atomic E-state index is 12.1. The van der Waals surface area contributed by atoms with E-state index in [0.29, 0.717) is 0 Å². The van der Waals surface area contributed by atoms with Gasteiger partial charge in [-0.1, -0.05) is 30.3 Å². The summed E-state index contributed by atoms with van der Waals surface area (Å²) in [5.41, 5.74) is 0.897. The van der Waals surface area contributed by atoms with Crippen LogP contribution in [-0.4, -0.2) is 49.0 Å². The van der Waals surface area contributed by atoms with Crippen LogP contribution in [-0.2, 0) is 14.4 Å². The molecular weight excluding hydrogens is 256 g/mol. The molecule has 1 aromatic carbocycles. The molecule has 20 heavy (non-hydrogen) atoms. The minimum absolute atomic E-state index is 0.289. The fourth-order valence-corrected chi connectivity index (χ4v) is 1.56. The first-order valence-corrected chi connectivity index (χ1v) is 6.33. The number of rotatable bonds is 7. The number of hydroxylamine groups is 2. The van der Waals surface area contributed by atoms with E-state index >= 15 is 0 Å². The molecule has 0 heterocycles. The lowest BCUT2D eigenvalue weighted by atomic mass is 10.2. The fraction of sp³-hybridized carbons (Fsp3) is 0.333. The number of nitrogens with zero attached hydrogens (tertiary/aromatic N) is 2. The Balaban J connectivity index is 2.83. The molecule has 1 amide bonds. The number of amides is 1. The quantitative estimate of drug-likeness (QED) is 0.429. The number of hydrogen-bond donors (Lipinski definition) is 0. The van der Waals surface area contributed by atoms with Gasteiger partial charge >= 0.3 is 0 Å². The lowest BCUT2D eigenvalue weighted by Gasteiger charge is -2.29. The standard InChI is InChI=1S/C15H19N2O3/c1-4-20-17(14(12-18)16(2)3)15(19)11-10-13-8-6-5-7-9-13/h5-11,14H,4H2,1-3H3. The molecule has 1 aromatic rings. The summed E-state index contributed by atoms with van der Waals surface area (Å²) in [6.45, 7) is 2.04. The molecule has 1 rings (SSSR count). The van der Waals surface area contributed by atoms with Crippen LogP contribution in [0.25, 0.3) is 6.08 Å². The van der Waals surface area contributed by atoms with Gasteiger partial charge in [-0.15, -0.1) is 0 Å². The zero-order valence-electron chi connectivity index (χ0n) is 11.9. The van der Waals surface area contributed by atoms with Crippen molar-refractivity contribution in [3.05, 3.63) is 42.0 Å². The average Bonchev–Trinajstić information content (AvgIpc) is 2.45. The third kappa shape index (κ3) is 4.60. The van der Waals surface area contributed by atoms with E-state index < -0.39 is 12.1 Å². The Morgan fingerprint density at radius 3 is 2.50 bits per heavy atom. The van der Waals surface area contributed by atoms with Crippen LogP contribution in [0.1, 0.15) is 12.5 Å². The number of carbonyl (C=O) groups excluding carboxylic acids is 2. The summed E-state index contributed by atoms with van der Waals surface area (Å²) in [6.07, 6.45) is 3.96. The predicted molar refractivity (Wildman–Crippen MR) is 77.1 cm³/mol. The molecule has 0 saturated heterocycles. The summed E-state index contributed by atoms with van der Waals surface area (Å²) >= 11 is 0. The Hall–Kier alpha value is -1.98. The van der Waals surface area contributed by atoms with Gasteiger partial charge < -0.3 is 0 Å². The number of benzene rings is 1. The predicted octanol–water partition coefficient (Wildman–Crippen LogP) is 1.48. The van der Waals surface area contributed by atoms with Crippen molar-refractivity contribution < 1.29 is 14.4 Å². The van der Waals surface area contributed by atoms with Crippen LogP contribution < -0.4 is 0 Å². The molecule has 0 N–H and O–H groups in total. The van der Waals surface area contributed by atoms with Crippen LogP contribution in [0.15, 0.2) is 36.4 Å². The molecule has 5 heteroatoms. The van der Waals surface area contributed by atoms with Gasteiger partial charge in [-0.05, 0) is 32.7 Å². The molecule has 0 bridgehead atoms. The van der Waals surface area contributed by atoms with E-state index in [1.807, 2.05) is 30.3 Å². The van der Waals surface area contributed by atoms with E-state index in [0.717, 1.165) is 10.6 Å². The fourth-order valence-electron chi connectivity index (χ4n) is 1.56. The van der Waals surface area contributed by atoms with Gasteiger partial charge in [0.25, 0.3) is 5.91 Å². The van der Waals surface area contributed by atoms with Crippen molar-refractivity contribution >= 4 is 18.3 Å². The molecule has 5 nitrogen and oxygen atoms in total. The van der Waals surface area contributed by atoms with Crippen LogP contribution in [0.5, 0.6) is 0 Å². The first-order valence-electron chi connectivity index (χ1n) is 6.33. The van der Waals surface area contributed by atoms with Gasteiger partial charge in [0.05, 0.1) is 6.61 Å². The summed E-state index contributed by atoms with van der Waals surface area (Å²) in [5, 5.41) is 1.02. The van der Waals surface area contributed by atoms with Crippen LogP contribution >= 0.6 is 0 Å². The summed E-state index contributed by atoms with van der Waals surface area (Å²) in [7, 11) is 3.35. The van der Waals surface area contributed by atoms with Gasteiger partial charge in [-0.25, -0.2) is 0 Å². The molecule has 0 fully saturated rings. The smallest absolute Gasteiger partial charge is 0.272 e. The van der Waals surface area contributed by atoms with E-state index in [9.17, 15) is 9.59 Å². The van der Waals surface area contributed by atoms with Crippen molar-refractivity contribution in [3.8, 4) is 0 Å². The third-order valence-electron chi connectivity index (χ3n) is 2.52. The molecule has 1 unspecified atom stereocenters. The maximum Gasteiger partial charge on any atom is 0.272 e. The van der Waals surface area contributed by atoms with Gasteiger partial charge in [0, 0.05) is 6.08 Å². The highest BCUT2D eigenvalue weighted by Gasteiger charge is 2.25. The molecule has 0 aliphatic rings. The minimum Gasteiger partial charge on any atom is -0.287 e. The lowest BCUT2D eigenvalue weighted by Crippen LogP contribution is -2.48. The van der Waals surface area contributed by atoms with Crippen LogP contribution in [0.4, 0.5) is 0 Å². The van der Waals surface area contributed by atoms with Gasteiger partial charge in [0.15, 0.2) is 6.17 Å². The SMILES string of the molecule is CCON(C(=O)C=Cc1ccccc1)C([C]=O)N(C)C. The number of hydrogen-bond acceptors (Lipinski definition) is 4. The molecule has 107 valence electrons. The van der Waals surface area contributed by atoms with Crippen LogP contribution in [0, 0.1) is 0 Å². The average molecular weight is 275 g/mol. The zero-order valence-corrected chi connectivity index (χ0v) is 11.9. The van der Waals surface area contributed by atoms with Crippen LogP contribution in [0.2, 0.25) is 0 Å². The number of carbonyl (C=O) groups is 1. The second-order valence-electron chi connectivity index (χ2n) is 4.28. The summed E-state index contributed by atoms with van der Waals surface area (Å²) in [4.78, 5) is 29.9. The lowest BCUT2D eigenvalue weighted by molar-refractivity contribution is -0.198. The molecule has 1 radical (unpaired) electrons. The Labute approximate surface area is 119 Å². The van der Waals surface area contributed by atoms with Crippen LogP contribution in [0.3, 0.4) is 0 Å². The van der Waals surface area contributed by atoms with Crippen molar-refractivity contribution in [1.29, 1.82) is 0 Å². The van der Waals surface area contributed by atoms with Gasteiger partial charge in [0.2, 0.25) is 6.29 Å². The van der Waals surface area contributed by atoms with Crippen molar-refractivity contribution in [2.24, 2.45) is 0 Å². The summed E-state index contributed by atoms with van der Waals surface area (Å²) in [6, 6.07) is 9.42. The summed E-state index contributed by atoms with van der Waals surface area (Å²) in [5.74, 6) is -0.405. The molecule has 0 aliphatic heterocycles. The molecule has 1 atom stereocenters. The normalized spacial score (nSPS) is 12.6. The zero-order chi connectivity index (χ0) is 15.0. The Bertz CT molecular complexity index is 457. The molecule has 0 aliphatic carbocycles. The first kappa shape index (κ1) is 16.1. The van der Waals surface area contributed by atoms with E-state index in [-0.39, 0.29) is 6.61 Å². The van der Waals surface area contributed by atoms with E-state index in [4.69, 9.17) is 4.84 Å². The van der Waals surface area contributed by atoms with Crippen molar-refractivity contribution in [3.63, 3.8) is 0 Å². The van der Waals surface area contributed by atoms with Gasteiger partial charge in [0.1, 0.15) is 0 Å². The highest BCUT2D eigenvalue weighted by atomic mass is 16.7. The second-order valence-corrected chi connectivity index (χ2v) is 4.28. The first-order chi connectivity index (χ1) is 9.60. The highest BCUT2D eigenvalue weighted by molar-refractivity contribution is 5.92. The van der Waals surface area contributed by atoms with E-state index in [2.05, 4.69) is 0 Å². The Kier molecular flexibility index (Phi) is 6.63. The van der Waals surface area contributed by atoms with Gasteiger partial charge in [-0.2, -0.15) is 5.06 Å². The van der Waals surface area contributed by atoms with E-state index in [1.54, 1.807) is 38.3 Å². The second kappa shape index (κ2) is 8.24. The molecule has 0 saturated carbocycles. The molecule has 0 aromatic heterocycles. The topological polar surface area (TPSA) is 49.9 Å². The minimum atomic E-state index is -0.872. The van der Waals surface area contributed by atoms with Crippen molar-refractivity contribution in [2.75, 3.05) is 20.7 Å². The third-order valence-corrected chi connectivity index (χ3v) is 2.52. The van der Waals surface area contributed by atoms with Gasteiger partial charge in [-0.3, -0.25) is 19.3 Å². The Morgan fingerprint density at radius 2 is 2.00 bits per heavy atom. The molecular formula is C15H19N2O3.